The van der Waals surface area contributed by atoms with Gasteiger partial charge in [0.05, 0.1) is 47.4 Å². The van der Waals surface area contributed by atoms with Crippen LogP contribution in [0.1, 0.15) is 36.7 Å². The molecule has 2 heterocycles. The van der Waals surface area contributed by atoms with Crippen LogP contribution >= 0.6 is 0 Å². The Kier molecular flexibility index (Phi) is 3.95. The molecule has 0 unspecified atom stereocenters. The lowest BCUT2D eigenvalue weighted by molar-refractivity contribution is 0.0601. The smallest absolute Gasteiger partial charge is 0.337 e. The van der Waals surface area contributed by atoms with Gasteiger partial charge in [0.1, 0.15) is 0 Å². The van der Waals surface area contributed by atoms with Gasteiger partial charge in [0, 0.05) is 5.56 Å². The summed E-state index contributed by atoms with van der Waals surface area (Å²) in [6, 6.07) is 13.8. The highest BCUT2D eigenvalue weighted by Crippen LogP contribution is 2.29. The van der Waals surface area contributed by atoms with Gasteiger partial charge >= 0.3 is 5.97 Å². The van der Waals surface area contributed by atoms with E-state index in [2.05, 4.69) is 50.0 Å². The van der Waals surface area contributed by atoms with Crippen molar-refractivity contribution < 1.29 is 9.53 Å². The largest absolute Gasteiger partial charge is 0.465 e. The van der Waals surface area contributed by atoms with Crippen LogP contribution in [0.15, 0.2) is 55.0 Å². The molecule has 2 aromatic heterocycles. The lowest BCUT2D eigenvalue weighted by Gasteiger charge is -2.19. The second-order valence-electron chi connectivity index (χ2n) is 7.63. The van der Waals surface area contributed by atoms with Gasteiger partial charge in [0.25, 0.3) is 0 Å². The number of ether oxygens (including phenoxy) is 1. The van der Waals surface area contributed by atoms with Gasteiger partial charge in [-0.15, -0.1) is 0 Å². The van der Waals surface area contributed by atoms with Crippen LogP contribution in [0.4, 0.5) is 0 Å². The van der Waals surface area contributed by atoms with Crippen LogP contribution in [0.2, 0.25) is 0 Å². The zero-order valence-electron chi connectivity index (χ0n) is 15.9. The predicted octanol–water partition coefficient (Wildman–Crippen LogP) is 4.63. The Labute approximate surface area is 157 Å². The average molecular weight is 359 g/mol. The minimum atomic E-state index is -0.375. The maximum Gasteiger partial charge on any atom is 0.337 e. The van der Waals surface area contributed by atoms with E-state index in [4.69, 9.17) is 9.72 Å². The van der Waals surface area contributed by atoms with E-state index in [9.17, 15) is 4.79 Å². The minimum absolute atomic E-state index is 0.0939. The SMILES string of the molecule is COC(=O)c1ccc2c(c1)nc(-c1ccc(C(C)(C)C)cc1)c1cncn12. The van der Waals surface area contributed by atoms with Crippen LogP contribution in [0.25, 0.3) is 27.8 Å². The molecule has 0 amide bonds. The summed E-state index contributed by atoms with van der Waals surface area (Å²) in [6.07, 6.45) is 3.58. The quantitative estimate of drug-likeness (QED) is 0.490. The molecule has 5 heteroatoms. The van der Waals surface area contributed by atoms with Crippen molar-refractivity contribution in [1.82, 2.24) is 14.4 Å². The fraction of sp³-hybridized carbons (Fsp3) is 0.227. The van der Waals surface area contributed by atoms with Crippen LogP contribution in [-0.2, 0) is 10.2 Å². The number of methoxy groups -OCH3 is 1. The van der Waals surface area contributed by atoms with Crippen LogP contribution < -0.4 is 0 Å². The van der Waals surface area contributed by atoms with E-state index in [0.29, 0.717) is 5.56 Å². The number of aromatic nitrogens is 3. The molecule has 0 aliphatic heterocycles. The lowest BCUT2D eigenvalue weighted by Crippen LogP contribution is -2.10. The summed E-state index contributed by atoms with van der Waals surface area (Å²) in [4.78, 5) is 21.0. The molecule has 0 aliphatic carbocycles. The van der Waals surface area contributed by atoms with Crippen molar-refractivity contribution in [2.75, 3.05) is 7.11 Å². The van der Waals surface area contributed by atoms with E-state index < -0.39 is 0 Å². The normalized spacial score (nSPS) is 11.9. The van der Waals surface area contributed by atoms with E-state index in [-0.39, 0.29) is 11.4 Å². The van der Waals surface area contributed by atoms with Gasteiger partial charge in [-0.05, 0) is 29.2 Å². The second kappa shape index (κ2) is 6.20. The standard InChI is InChI=1S/C22H21N3O2/c1-22(2,3)16-8-5-14(6-9-16)20-19-12-23-13-25(19)18-10-7-15(21(26)27-4)11-17(18)24-20/h5-13H,1-4H3. The predicted molar refractivity (Wildman–Crippen MR) is 106 cm³/mol. The Balaban J connectivity index is 1.93. The Morgan fingerprint density at radius 1 is 1.04 bits per heavy atom. The zero-order valence-corrected chi connectivity index (χ0v) is 15.9. The maximum atomic E-state index is 11.9. The van der Waals surface area contributed by atoms with Crippen molar-refractivity contribution in [2.45, 2.75) is 26.2 Å². The molecule has 0 N–H and O–H groups in total. The van der Waals surface area contributed by atoms with Gasteiger partial charge in [0.15, 0.2) is 0 Å². The monoisotopic (exact) mass is 359 g/mol. The molecule has 0 bridgehead atoms. The summed E-state index contributed by atoms with van der Waals surface area (Å²) in [6.45, 7) is 6.58. The summed E-state index contributed by atoms with van der Waals surface area (Å²) in [5, 5.41) is 0. The van der Waals surface area contributed by atoms with E-state index in [1.165, 1.54) is 12.7 Å². The Bertz CT molecular complexity index is 1150. The molecule has 5 nitrogen and oxygen atoms in total. The minimum Gasteiger partial charge on any atom is -0.465 e. The molecule has 0 saturated carbocycles. The number of carbonyl (C=O) groups excluding carboxylic acids is 1. The number of rotatable bonds is 2. The van der Waals surface area contributed by atoms with E-state index >= 15 is 0 Å². The van der Waals surface area contributed by atoms with E-state index in [0.717, 1.165) is 27.8 Å². The summed E-state index contributed by atoms with van der Waals surface area (Å²) >= 11 is 0. The fourth-order valence-electron chi connectivity index (χ4n) is 3.24. The molecule has 4 rings (SSSR count). The van der Waals surface area contributed by atoms with Gasteiger partial charge in [0.2, 0.25) is 0 Å². The second-order valence-corrected chi connectivity index (χ2v) is 7.63. The summed E-state index contributed by atoms with van der Waals surface area (Å²) in [7, 11) is 1.38. The number of hydrogen-bond acceptors (Lipinski definition) is 4. The van der Waals surface area contributed by atoms with Gasteiger partial charge < -0.3 is 4.74 Å². The molecule has 0 fully saturated rings. The van der Waals surface area contributed by atoms with Crippen LogP contribution in [0.5, 0.6) is 0 Å². The molecule has 4 aromatic rings. The molecular formula is C22H21N3O2. The van der Waals surface area contributed by atoms with Crippen molar-refractivity contribution >= 4 is 22.5 Å². The highest BCUT2D eigenvalue weighted by atomic mass is 16.5. The topological polar surface area (TPSA) is 56.5 Å². The average Bonchev–Trinajstić information content (AvgIpc) is 3.15. The number of fused-ring (bicyclic) bond motifs is 3. The Morgan fingerprint density at radius 3 is 2.44 bits per heavy atom. The van der Waals surface area contributed by atoms with Gasteiger partial charge in [-0.1, -0.05) is 45.0 Å². The van der Waals surface area contributed by atoms with E-state index in [1.807, 2.05) is 16.7 Å². The van der Waals surface area contributed by atoms with Crippen molar-refractivity contribution in [1.29, 1.82) is 0 Å². The van der Waals surface area contributed by atoms with Crippen LogP contribution in [-0.4, -0.2) is 27.4 Å². The molecule has 0 aliphatic rings. The number of carbonyl (C=O) groups is 1. The summed E-state index contributed by atoms with van der Waals surface area (Å²) in [5.41, 5.74) is 6.23. The van der Waals surface area contributed by atoms with Crippen molar-refractivity contribution in [3.63, 3.8) is 0 Å². The van der Waals surface area contributed by atoms with Crippen molar-refractivity contribution in [3.8, 4) is 11.3 Å². The third-order valence-electron chi connectivity index (χ3n) is 4.79. The maximum absolute atomic E-state index is 11.9. The number of benzene rings is 2. The van der Waals surface area contributed by atoms with E-state index in [1.54, 1.807) is 18.5 Å². The molecular weight excluding hydrogens is 338 g/mol. The number of imidazole rings is 1. The Hall–Kier alpha value is -3.21. The first kappa shape index (κ1) is 17.2. The third-order valence-corrected chi connectivity index (χ3v) is 4.79. The molecule has 2 aromatic carbocycles. The molecule has 27 heavy (non-hydrogen) atoms. The summed E-state index contributed by atoms with van der Waals surface area (Å²) < 4.78 is 6.83. The van der Waals surface area contributed by atoms with Crippen LogP contribution in [0.3, 0.4) is 0 Å². The molecule has 0 radical (unpaired) electrons. The highest BCUT2D eigenvalue weighted by Gasteiger charge is 2.16. The molecule has 0 saturated heterocycles. The Morgan fingerprint density at radius 2 is 1.78 bits per heavy atom. The first-order valence-electron chi connectivity index (χ1n) is 8.83. The first-order valence-corrected chi connectivity index (χ1v) is 8.83. The fourth-order valence-corrected chi connectivity index (χ4v) is 3.24. The van der Waals surface area contributed by atoms with Gasteiger partial charge in [-0.2, -0.15) is 0 Å². The van der Waals surface area contributed by atoms with Gasteiger partial charge in [-0.3, -0.25) is 4.40 Å². The van der Waals surface area contributed by atoms with Crippen LogP contribution in [0, 0.1) is 0 Å². The molecule has 136 valence electrons. The molecule has 0 spiro atoms. The number of hydrogen-bond donors (Lipinski definition) is 0. The highest BCUT2D eigenvalue weighted by molar-refractivity contribution is 5.95. The summed E-state index contributed by atoms with van der Waals surface area (Å²) in [5.74, 6) is -0.375. The van der Waals surface area contributed by atoms with Crippen molar-refractivity contribution in [3.05, 3.63) is 66.1 Å². The van der Waals surface area contributed by atoms with Crippen molar-refractivity contribution in [2.24, 2.45) is 0 Å². The first-order chi connectivity index (χ1) is 12.9. The van der Waals surface area contributed by atoms with Gasteiger partial charge in [-0.25, -0.2) is 14.8 Å². The zero-order chi connectivity index (χ0) is 19.2. The number of esters is 1. The number of nitrogens with zero attached hydrogens (tertiary/aromatic N) is 3. The molecule has 0 atom stereocenters. The lowest BCUT2D eigenvalue weighted by atomic mass is 9.86. The third kappa shape index (κ3) is 2.95.